The smallest absolute Gasteiger partial charge is 0.340 e. The van der Waals surface area contributed by atoms with Crippen LogP contribution in [-0.4, -0.2) is 39.1 Å². The van der Waals surface area contributed by atoms with E-state index in [1.165, 1.54) is 14.2 Å². The molecule has 0 bridgehead atoms. The van der Waals surface area contributed by atoms with Crippen molar-refractivity contribution in [2.24, 2.45) is 0 Å². The number of carbonyl (C=O) groups excluding carboxylic acids is 2. The Hall–Kier alpha value is -3.02. The average molecular weight is 371 g/mol. The summed E-state index contributed by atoms with van der Waals surface area (Å²) in [7, 11) is 3.02. The average Bonchev–Trinajstić information content (AvgIpc) is 2.71. The Balaban J connectivity index is 2.02. The molecule has 0 saturated carbocycles. The van der Waals surface area contributed by atoms with Crippen molar-refractivity contribution in [2.45, 2.75) is 19.8 Å². The Morgan fingerprint density at radius 1 is 1.00 bits per heavy atom. The van der Waals surface area contributed by atoms with Gasteiger partial charge in [0, 0.05) is 17.8 Å². The van der Waals surface area contributed by atoms with Gasteiger partial charge in [0.15, 0.2) is 23.9 Å². The number of anilines is 1. The Morgan fingerprint density at radius 2 is 1.74 bits per heavy atom. The number of hydrogen-bond acceptors (Lipinski definition) is 6. The van der Waals surface area contributed by atoms with Gasteiger partial charge in [-0.1, -0.05) is 25.5 Å². The molecule has 0 spiro atoms. The second-order valence-electron chi connectivity index (χ2n) is 5.89. The molecule has 2 rings (SSSR count). The first-order valence-electron chi connectivity index (χ1n) is 8.86. The van der Waals surface area contributed by atoms with Crippen LogP contribution < -0.4 is 14.8 Å². The van der Waals surface area contributed by atoms with Crippen LogP contribution in [-0.2, 0) is 4.74 Å². The van der Waals surface area contributed by atoms with Gasteiger partial charge in [-0.15, -0.1) is 0 Å². The lowest BCUT2D eigenvalue weighted by Crippen LogP contribution is -2.16. The summed E-state index contributed by atoms with van der Waals surface area (Å²) in [6, 6.07) is 11.9. The van der Waals surface area contributed by atoms with E-state index in [-0.39, 0.29) is 12.4 Å². The third kappa shape index (κ3) is 5.48. The van der Waals surface area contributed by atoms with Gasteiger partial charge in [-0.25, -0.2) is 4.79 Å². The summed E-state index contributed by atoms with van der Waals surface area (Å²) in [5.74, 6) is 0.113. The quantitative estimate of drug-likeness (QED) is 0.387. The van der Waals surface area contributed by atoms with E-state index in [0.29, 0.717) is 28.3 Å². The van der Waals surface area contributed by atoms with E-state index in [0.717, 1.165) is 19.4 Å². The van der Waals surface area contributed by atoms with Gasteiger partial charge in [-0.2, -0.15) is 0 Å². The van der Waals surface area contributed by atoms with Crippen LogP contribution in [0.25, 0.3) is 0 Å². The Labute approximate surface area is 159 Å². The van der Waals surface area contributed by atoms with Crippen molar-refractivity contribution in [1.82, 2.24) is 0 Å². The standard InChI is InChI=1S/C21H25NO5/c1-4-5-12-22-17-9-7-6-8-16(17)21(24)27-14-18(23)15-10-11-19(25-2)20(13-15)26-3/h6-11,13,22H,4-5,12,14H2,1-3H3. The lowest BCUT2D eigenvalue weighted by atomic mass is 10.1. The summed E-state index contributed by atoms with van der Waals surface area (Å²) in [6.45, 7) is 2.52. The Bertz CT molecular complexity index is 788. The topological polar surface area (TPSA) is 73.9 Å². The highest BCUT2D eigenvalue weighted by atomic mass is 16.5. The zero-order valence-corrected chi connectivity index (χ0v) is 15.9. The van der Waals surface area contributed by atoms with Crippen LogP contribution in [0.15, 0.2) is 42.5 Å². The second kappa shape index (κ2) is 10.2. The van der Waals surface area contributed by atoms with Crippen LogP contribution in [0.5, 0.6) is 11.5 Å². The molecule has 2 aromatic carbocycles. The predicted octanol–water partition coefficient (Wildman–Crippen LogP) is 3.96. The highest BCUT2D eigenvalue weighted by Gasteiger charge is 2.16. The molecule has 0 unspecified atom stereocenters. The molecular formula is C21H25NO5. The number of nitrogens with one attached hydrogen (secondary N) is 1. The minimum Gasteiger partial charge on any atom is -0.493 e. The van der Waals surface area contributed by atoms with E-state index in [1.807, 2.05) is 12.1 Å². The second-order valence-corrected chi connectivity index (χ2v) is 5.89. The van der Waals surface area contributed by atoms with Gasteiger partial charge in [0.1, 0.15) is 0 Å². The highest BCUT2D eigenvalue weighted by Crippen LogP contribution is 2.27. The molecule has 0 atom stereocenters. The fourth-order valence-corrected chi connectivity index (χ4v) is 2.52. The summed E-state index contributed by atoms with van der Waals surface area (Å²) in [5.41, 5.74) is 1.50. The monoisotopic (exact) mass is 371 g/mol. The van der Waals surface area contributed by atoms with Gasteiger partial charge in [-0.05, 0) is 36.8 Å². The maximum Gasteiger partial charge on any atom is 0.340 e. The molecule has 0 aliphatic carbocycles. The van der Waals surface area contributed by atoms with E-state index in [1.54, 1.807) is 30.3 Å². The fraction of sp³-hybridized carbons (Fsp3) is 0.333. The summed E-state index contributed by atoms with van der Waals surface area (Å²) < 4.78 is 15.6. The van der Waals surface area contributed by atoms with E-state index >= 15 is 0 Å². The number of para-hydroxylation sites is 1. The Morgan fingerprint density at radius 3 is 2.44 bits per heavy atom. The molecule has 6 heteroatoms. The maximum atomic E-state index is 12.4. The normalized spacial score (nSPS) is 10.2. The third-order valence-electron chi connectivity index (χ3n) is 4.03. The number of benzene rings is 2. The molecule has 0 aliphatic heterocycles. The van der Waals surface area contributed by atoms with Crippen LogP contribution in [0, 0.1) is 0 Å². The minimum atomic E-state index is -0.538. The lowest BCUT2D eigenvalue weighted by molar-refractivity contribution is 0.0475. The molecule has 6 nitrogen and oxygen atoms in total. The molecule has 0 radical (unpaired) electrons. The van der Waals surface area contributed by atoms with Crippen LogP contribution in [0.2, 0.25) is 0 Å². The summed E-state index contributed by atoms with van der Waals surface area (Å²) in [5, 5.41) is 3.23. The van der Waals surface area contributed by atoms with Gasteiger partial charge in [0.2, 0.25) is 0 Å². The van der Waals surface area contributed by atoms with Gasteiger partial charge in [0.25, 0.3) is 0 Å². The van der Waals surface area contributed by atoms with E-state index in [2.05, 4.69) is 12.2 Å². The molecule has 0 heterocycles. The number of ketones is 1. The molecule has 0 fully saturated rings. The van der Waals surface area contributed by atoms with E-state index < -0.39 is 5.97 Å². The highest BCUT2D eigenvalue weighted by molar-refractivity contribution is 6.01. The first kappa shape index (κ1) is 20.3. The van der Waals surface area contributed by atoms with Crippen molar-refractivity contribution in [3.63, 3.8) is 0 Å². The molecule has 2 aromatic rings. The van der Waals surface area contributed by atoms with Gasteiger partial charge >= 0.3 is 5.97 Å². The largest absolute Gasteiger partial charge is 0.493 e. The molecule has 0 amide bonds. The van der Waals surface area contributed by atoms with Crippen LogP contribution in [0.3, 0.4) is 0 Å². The first-order valence-corrected chi connectivity index (χ1v) is 8.86. The van der Waals surface area contributed by atoms with Crippen molar-refractivity contribution in [2.75, 3.05) is 32.7 Å². The van der Waals surface area contributed by atoms with Crippen LogP contribution in [0.4, 0.5) is 5.69 Å². The Kier molecular flexibility index (Phi) is 7.67. The maximum absolute atomic E-state index is 12.4. The number of hydrogen-bond donors (Lipinski definition) is 1. The number of unbranched alkanes of at least 4 members (excludes halogenated alkanes) is 1. The molecule has 27 heavy (non-hydrogen) atoms. The van der Waals surface area contributed by atoms with Crippen molar-refractivity contribution in [3.05, 3.63) is 53.6 Å². The minimum absolute atomic E-state index is 0.319. The van der Waals surface area contributed by atoms with Gasteiger partial charge in [-0.3, -0.25) is 4.79 Å². The molecule has 0 saturated heterocycles. The van der Waals surface area contributed by atoms with Gasteiger partial charge < -0.3 is 19.5 Å². The zero-order valence-electron chi connectivity index (χ0n) is 15.9. The number of Topliss-reactive ketones (excluding diaryl/α,β-unsaturated/α-hetero) is 1. The van der Waals surface area contributed by atoms with E-state index in [9.17, 15) is 9.59 Å². The predicted molar refractivity (Wildman–Crippen MR) is 104 cm³/mol. The lowest BCUT2D eigenvalue weighted by Gasteiger charge is -2.12. The van der Waals surface area contributed by atoms with Crippen molar-refractivity contribution < 1.29 is 23.8 Å². The van der Waals surface area contributed by atoms with Crippen LogP contribution >= 0.6 is 0 Å². The number of esters is 1. The first-order chi connectivity index (χ1) is 13.1. The zero-order chi connectivity index (χ0) is 19.6. The molecule has 144 valence electrons. The van der Waals surface area contributed by atoms with Crippen molar-refractivity contribution in [1.29, 1.82) is 0 Å². The SMILES string of the molecule is CCCCNc1ccccc1C(=O)OCC(=O)c1ccc(OC)c(OC)c1. The third-order valence-corrected chi connectivity index (χ3v) is 4.03. The number of methoxy groups -OCH3 is 2. The van der Waals surface area contributed by atoms with Crippen LogP contribution in [0.1, 0.15) is 40.5 Å². The summed E-state index contributed by atoms with van der Waals surface area (Å²) in [6.07, 6.45) is 2.06. The molecular weight excluding hydrogens is 346 g/mol. The fourth-order valence-electron chi connectivity index (χ4n) is 2.52. The molecule has 1 N–H and O–H groups in total. The van der Waals surface area contributed by atoms with Gasteiger partial charge in [0.05, 0.1) is 19.8 Å². The summed E-state index contributed by atoms with van der Waals surface area (Å²) >= 11 is 0. The molecule has 0 aliphatic rings. The van der Waals surface area contributed by atoms with Crippen molar-refractivity contribution >= 4 is 17.4 Å². The number of ether oxygens (including phenoxy) is 3. The van der Waals surface area contributed by atoms with E-state index in [4.69, 9.17) is 14.2 Å². The number of carbonyl (C=O) groups is 2. The molecule has 0 aromatic heterocycles. The summed E-state index contributed by atoms with van der Waals surface area (Å²) in [4.78, 5) is 24.8. The van der Waals surface area contributed by atoms with Crippen molar-refractivity contribution in [3.8, 4) is 11.5 Å². The number of rotatable bonds is 10.